The van der Waals surface area contributed by atoms with Crippen molar-refractivity contribution in [3.8, 4) is 0 Å². The second kappa shape index (κ2) is 5.43. The van der Waals surface area contributed by atoms with Crippen LogP contribution in [0.5, 0.6) is 0 Å². The van der Waals surface area contributed by atoms with Gasteiger partial charge in [0.1, 0.15) is 0 Å². The summed E-state index contributed by atoms with van der Waals surface area (Å²) in [6.07, 6.45) is 1.99. The molecule has 2 nitrogen and oxygen atoms in total. The third kappa shape index (κ3) is 3.21. The number of aliphatic carboxylic acids is 1. The van der Waals surface area contributed by atoms with Crippen LogP contribution in [0.3, 0.4) is 0 Å². The summed E-state index contributed by atoms with van der Waals surface area (Å²) in [6, 6.07) is 10.1. The maximum Gasteiger partial charge on any atom is 0.303 e. The molecule has 1 aromatic carbocycles. The molecule has 1 unspecified atom stereocenters. The molecule has 0 radical (unpaired) electrons. The number of carbonyl (C=O) groups is 1. The zero-order valence-corrected chi connectivity index (χ0v) is 8.44. The number of carboxylic acids is 1. The molecular weight excluding hydrogens is 176 g/mol. The van der Waals surface area contributed by atoms with E-state index in [1.165, 1.54) is 5.56 Å². The summed E-state index contributed by atoms with van der Waals surface area (Å²) in [5.41, 5.74) is 1.25. The molecule has 2 heteroatoms. The van der Waals surface area contributed by atoms with Crippen LogP contribution in [0.4, 0.5) is 0 Å². The molecule has 1 atom stereocenters. The van der Waals surface area contributed by atoms with Crippen molar-refractivity contribution in [2.45, 2.75) is 32.1 Å². The third-order valence-electron chi connectivity index (χ3n) is 2.47. The molecule has 1 N–H and O–H groups in total. The molecule has 0 saturated carbocycles. The van der Waals surface area contributed by atoms with Crippen molar-refractivity contribution in [3.63, 3.8) is 0 Å². The number of carboxylic acid groups (broad SMARTS) is 1. The summed E-state index contributed by atoms with van der Waals surface area (Å²) in [7, 11) is 0. The lowest BCUT2D eigenvalue weighted by molar-refractivity contribution is -0.137. The van der Waals surface area contributed by atoms with Crippen LogP contribution in [0.1, 0.15) is 37.7 Å². The maximum atomic E-state index is 10.5. The van der Waals surface area contributed by atoms with Gasteiger partial charge in [-0.3, -0.25) is 4.79 Å². The molecule has 76 valence electrons. The van der Waals surface area contributed by atoms with E-state index in [-0.39, 0.29) is 6.42 Å². The molecular formula is C12H16O2. The second-order valence-electron chi connectivity index (χ2n) is 3.45. The largest absolute Gasteiger partial charge is 0.481 e. The molecule has 0 saturated heterocycles. The van der Waals surface area contributed by atoms with Crippen molar-refractivity contribution >= 4 is 5.97 Å². The highest BCUT2D eigenvalue weighted by Gasteiger charge is 2.10. The minimum Gasteiger partial charge on any atom is -0.481 e. The van der Waals surface area contributed by atoms with Crippen LogP contribution < -0.4 is 0 Å². The molecule has 0 aromatic heterocycles. The Labute approximate surface area is 84.6 Å². The summed E-state index contributed by atoms with van der Waals surface area (Å²) in [5.74, 6) is -0.327. The zero-order valence-electron chi connectivity index (χ0n) is 8.44. The molecule has 0 heterocycles. The molecule has 0 fully saturated rings. The smallest absolute Gasteiger partial charge is 0.303 e. The monoisotopic (exact) mass is 192 g/mol. The van der Waals surface area contributed by atoms with E-state index in [1.807, 2.05) is 18.2 Å². The summed E-state index contributed by atoms with van der Waals surface area (Å²) >= 11 is 0. The van der Waals surface area contributed by atoms with Gasteiger partial charge < -0.3 is 5.11 Å². The van der Waals surface area contributed by atoms with Crippen LogP contribution in [0.15, 0.2) is 30.3 Å². The van der Waals surface area contributed by atoms with Gasteiger partial charge in [-0.05, 0) is 24.3 Å². The van der Waals surface area contributed by atoms with Crippen molar-refractivity contribution < 1.29 is 9.90 Å². The average Bonchev–Trinajstić information content (AvgIpc) is 2.20. The predicted octanol–water partition coefficient (Wildman–Crippen LogP) is 3.05. The van der Waals surface area contributed by atoms with Crippen LogP contribution in [0, 0.1) is 0 Å². The van der Waals surface area contributed by atoms with E-state index in [4.69, 9.17) is 5.11 Å². The lowest BCUT2D eigenvalue weighted by Crippen LogP contribution is -2.02. The van der Waals surface area contributed by atoms with Gasteiger partial charge in [-0.25, -0.2) is 0 Å². The summed E-state index contributed by atoms with van der Waals surface area (Å²) in [4.78, 5) is 10.5. The van der Waals surface area contributed by atoms with Gasteiger partial charge >= 0.3 is 5.97 Å². The number of hydrogen-bond acceptors (Lipinski definition) is 1. The second-order valence-corrected chi connectivity index (χ2v) is 3.45. The fourth-order valence-corrected chi connectivity index (χ4v) is 1.63. The Kier molecular flexibility index (Phi) is 4.17. The van der Waals surface area contributed by atoms with Crippen molar-refractivity contribution in [1.29, 1.82) is 0 Å². The molecule has 0 aliphatic rings. The first kappa shape index (κ1) is 10.8. The SMILES string of the molecule is CCC(CCC(=O)O)c1ccccc1. The summed E-state index contributed by atoms with van der Waals surface area (Å²) in [6.45, 7) is 2.10. The van der Waals surface area contributed by atoms with Gasteiger partial charge in [0, 0.05) is 6.42 Å². The first-order valence-electron chi connectivity index (χ1n) is 5.00. The molecule has 0 aliphatic carbocycles. The van der Waals surface area contributed by atoms with Crippen molar-refractivity contribution in [3.05, 3.63) is 35.9 Å². The van der Waals surface area contributed by atoms with Crippen LogP contribution in [0.2, 0.25) is 0 Å². The van der Waals surface area contributed by atoms with E-state index in [0.717, 1.165) is 12.8 Å². The number of hydrogen-bond donors (Lipinski definition) is 1. The van der Waals surface area contributed by atoms with Crippen molar-refractivity contribution in [2.24, 2.45) is 0 Å². The quantitative estimate of drug-likeness (QED) is 0.778. The minimum atomic E-state index is -0.709. The highest BCUT2D eigenvalue weighted by Crippen LogP contribution is 2.24. The van der Waals surface area contributed by atoms with Gasteiger partial charge in [0.15, 0.2) is 0 Å². The maximum absolute atomic E-state index is 10.5. The molecule has 0 aliphatic heterocycles. The lowest BCUT2D eigenvalue weighted by Gasteiger charge is -2.13. The summed E-state index contributed by atoms with van der Waals surface area (Å²) < 4.78 is 0. The van der Waals surface area contributed by atoms with Gasteiger partial charge in [-0.1, -0.05) is 37.3 Å². The zero-order chi connectivity index (χ0) is 10.4. The van der Waals surface area contributed by atoms with Crippen molar-refractivity contribution in [2.75, 3.05) is 0 Å². The fourth-order valence-electron chi connectivity index (χ4n) is 1.63. The number of rotatable bonds is 5. The van der Waals surface area contributed by atoms with Gasteiger partial charge in [-0.2, -0.15) is 0 Å². The third-order valence-corrected chi connectivity index (χ3v) is 2.47. The normalized spacial score (nSPS) is 12.4. The molecule has 14 heavy (non-hydrogen) atoms. The fraction of sp³-hybridized carbons (Fsp3) is 0.417. The van der Waals surface area contributed by atoms with E-state index < -0.39 is 5.97 Å². The van der Waals surface area contributed by atoms with Gasteiger partial charge in [-0.15, -0.1) is 0 Å². The highest BCUT2D eigenvalue weighted by atomic mass is 16.4. The topological polar surface area (TPSA) is 37.3 Å². The Bertz CT molecular complexity index is 280. The van der Waals surface area contributed by atoms with Crippen LogP contribution in [-0.2, 0) is 4.79 Å². The van der Waals surface area contributed by atoms with Gasteiger partial charge in [0.25, 0.3) is 0 Å². The highest BCUT2D eigenvalue weighted by molar-refractivity contribution is 5.66. The molecule has 1 aromatic rings. The lowest BCUT2D eigenvalue weighted by atomic mass is 9.92. The predicted molar refractivity (Wildman–Crippen MR) is 56.3 cm³/mol. The van der Waals surface area contributed by atoms with Gasteiger partial charge in [0.2, 0.25) is 0 Å². The first-order chi connectivity index (χ1) is 6.74. The molecule has 0 bridgehead atoms. The summed E-state index contributed by atoms with van der Waals surface area (Å²) in [5, 5.41) is 8.60. The van der Waals surface area contributed by atoms with Crippen LogP contribution in [0.25, 0.3) is 0 Å². The number of benzene rings is 1. The van der Waals surface area contributed by atoms with Crippen molar-refractivity contribution in [1.82, 2.24) is 0 Å². The van der Waals surface area contributed by atoms with E-state index in [2.05, 4.69) is 19.1 Å². The first-order valence-corrected chi connectivity index (χ1v) is 5.00. The molecule has 0 spiro atoms. The Morgan fingerprint density at radius 2 is 2.00 bits per heavy atom. The Balaban J connectivity index is 2.58. The van der Waals surface area contributed by atoms with Crippen LogP contribution in [-0.4, -0.2) is 11.1 Å². The van der Waals surface area contributed by atoms with Gasteiger partial charge in [0.05, 0.1) is 0 Å². The average molecular weight is 192 g/mol. The van der Waals surface area contributed by atoms with E-state index >= 15 is 0 Å². The standard InChI is InChI=1S/C12H16O2/c1-2-10(8-9-12(13)14)11-6-4-3-5-7-11/h3-7,10H,2,8-9H2,1H3,(H,13,14). The Morgan fingerprint density at radius 1 is 1.36 bits per heavy atom. The minimum absolute atomic E-state index is 0.257. The van der Waals surface area contributed by atoms with E-state index in [1.54, 1.807) is 0 Å². The van der Waals surface area contributed by atoms with E-state index in [0.29, 0.717) is 5.92 Å². The van der Waals surface area contributed by atoms with E-state index in [9.17, 15) is 4.79 Å². The molecule has 1 rings (SSSR count). The molecule has 0 amide bonds. The Hall–Kier alpha value is -1.31. The Morgan fingerprint density at radius 3 is 2.50 bits per heavy atom. The van der Waals surface area contributed by atoms with Crippen LogP contribution >= 0.6 is 0 Å².